The van der Waals surface area contributed by atoms with Crippen LogP contribution in [0.1, 0.15) is 45.1 Å². The predicted molar refractivity (Wildman–Crippen MR) is 93.5 cm³/mol. The Hall–Kier alpha value is -1.95. The van der Waals surface area contributed by atoms with Crippen LogP contribution in [0.4, 0.5) is 10.2 Å². The van der Waals surface area contributed by atoms with Gasteiger partial charge in [0.05, 0.1) is 23.2 Å². The molecule has 1 aliphatic heterocycles. The van der Waals surface area contributed by atoms with Gasteiger partial charge in [-0.05, 0) is 18.9 Å². The number of pyridine rings is 1. The Labute approximate surface area is 151 Å². The summed E-state index contributed by atoms with van der Waals surface area (Å²) >= 11 is 5.76. The maximum Gasteiger partial charge on any atom is 0.167 e. The number of nitrogens with zero attached hydrogens (tertiary/aromatic N) is 3. The number of hydrogen-bond acceptors (Lipinski definition) is 5. The first-order valence-electron chi connectivity index (χ1n) is 8.32. The minimum absolute atomic E-state index is 0.0229. The van der Waals surface area contributed by atoms with Crippen LogP contribution in [0.15, 0.2) is 22.9 Å². The van der Waals surface area contributed by atoms with Crippen molar-refractivity contribution >= 4 is 23.2 Å². The average Bonchev–Trinajstić information content (AvgIpc) is 3.15. The van der Waals surface area contributed by atoms with Crippen LogP contribution in [0.3, 0.4) is 0 Å². The summed E-state index contributed by atoms with van der Waals surface area (Å²) in [7, 11) is 0. The van der Waals surface area contributed by atoms with E-state index in [9.17, 15) is 9.18 Å². The molecule has 1 fully saturated rings. The van der Waals surface area contributed by atoms with E-state index in [1.165, 1.54) is 12.3 Å². The van der Waals surface area contributed by atoms with Crippen molar-refractivity contribution in [2.24, 2.45) is 0 Å². The molecule has 1 aliphatic rings. The quantitative estimate of drug-likeness (QED) is 0.821. The van der Waals surface area contributed by atoms with Crippen molar-refractivity contribution in [1.29, 1.82) is 0 Å². The molecule has 3 heterocycles. The molecule has 134 valence electrons. The van der Waals surface area contributed by atoms with Gasteiger partial charge in [-0.3, -0.25) is 4.79 Å². The second kappa shape index (κ2) is 6.75. The SMILES string of the molecule is CC(C)(C)c1cc(CC(=O)[C@@H]2CCCN2c2ncc(Cl)cc2F)on1. The summed E-state index contributed by atoms with van der Waals surface area (Å²) in [4.78, 5) is 18.5. The molecule has 7 heteroatoms. The van der Waals surface area contributed by atoms with Gasteiger partial charge in [-0.15, -0.1) is 0 Å². The van der Waals surface area contributed by atoms with Gasteiger partial charge in [0.2, 0.25) is 0 Å². The fourth-order valence-corrected chi connectivity index (χ4v) is 3.16. The van der Waals surface area contributed by atoms with Gasteiger partial charge in [0.15, 0.2) is 17.4 Å². The molecular formula is C18H21ClFN3O2. The number of rotatable bonds is 4. The Bertz CT molecular complexity index is 785. The molecule has 3 rings (SSSR count). The second-order valence-electron chi connectivity index (χ2n) is 7.38. The van der Waals surface area contributed by atoms with Crippen LogP contribution in [0.2, 0.25) is 5.02 Å². The smallest absolute Gasteiger partial charge is 0.167 e. The van der Waals surface area contributed by atoms with E-state index < -0.39 is 11.9 Å². The van der Waals surface area contributed by atoms with Crippen LogP contribution >= 0.6 is 11.6 Å². The van der Waals surface area contributed by atoms with Gasteiger partial charge in [-0.25, -0.2) is 9.37 Å². The van der Waals surface area contributed by atoms with E-state index >= 15 is 0 Å². The maximum absolute atomic E-state index is 14.2. The summed E-state index contributed by atoms with van der Waals surface area (Å²) in [6.07, 6.45) is 3.01. The fraction of sp³-hybridized carbons (Fsp3) is 0.500. The van der Waals surface area contributed by atoms with E-state index in [0.29, 0.717) is 18.7 Å². The zero-order valence-corrected chi connectivity index (χ0v) is 15.3. The minimum atomic E-state index is -0.512. The van der Waals surface area contributed by atoms with E-state index in [0.717, 1.165) is 12.1 Å². The lowest BCUT2D eigenvalue weighted by molar-refractivity contribution is -0.119. The largest absolute Gasteiger partial charge is 0.361 e. The molecule has 1 atom stereocenters. The summed E-state index contributed by atoms with van der Waals surface area (Å²) in [5, 5.41) is 4.28. The van der Waals surface area contributed by atoms with Crippen molar-refractivity contribution in [2.75, 3.05) is 11.4 Å². The van der Waals surface area contributed by atoms with E-state index in [2.05, 4.69) is 10.1 Å². The Morgan fingerprint density at radius 1 is 1.44 bits per heavy atom. The number of halogens is 2. The highest BCUT2D eigenvalue weighted by molar-refractivity contribution is 6.30. The van der Waals surface area contributed by atoms with Crippen LogP contribution in [0.5, 0.6) is 0 Å². The second-order valence-corrected chi connectivity index (χ2v) is 7.82. The van der Waals surface area contributed by atoms with Crippen LogP contribution in [0.25, 0.3) is 0 Å². The van der Waals surface area contributed by atoms with Gasteiger partial charge >= 0.3 is 0 Å². The third kappa shape index (κ3) is 3.84. The number of Topliss-reactive ketones (excluding diaryl/α,β-unsaturated/α-hetero) is 1. The normalized spacial score (nSPS) is 18.0. The molecule has 1 saturated heterocycles. The van der Waals surface area contributed by atoms with Gasteiger partial charge in [0, 0.05) is 24.2 Å². The number of carbonyl (C=O) groups is 1. The number of hydrogen-bond donors (Lipinski definition) is 0. The molecule has 0 bridgehead atoms. The monoisotopic (exact) mass is 365 g/mol. The molecule has 0 amide bonds. The molecule has 0 radical (unpaired) electrons. The lowest BCUT2D eigenvalue weighted by Gasteiger charge is -2.24. The Kier molecular flexibility index (Phi) is 4.82. The Morgan fingerprint density at radius 3 is 2.84 bits per heavy atom. The third-order valence-electron chi connectivity index (χ3n) is 4.36. The van der Waals surface area contributed by atoms with Gasteiger partial charge in [0.25, 0.3) is 0 Å². The first-order valence-corrected chi connectivity index (χ1v) is 8.70. The van der Waals surface area contributed by atoms with E-state index in [-0.39, 0.29) is 28.5 Å². The minimum Gasteiger partial charge on any atom is -0.361 e. The maximum atomic E-state index is 14.2. The standard InChI is InChI=1S/C18H21ClFN3O2/c1-18(2,3)16-9-12(25-22-16)8-15(24)14-5-4-6-23(14)17-13(20)7-11(19)10-21-17/h7,9-10,14H,4-6,8H2,1-3H3/t14-/m0/s1. The molecule has 25 heavy (non-hydrogen) atoms. The Balaban J connectivity index is 1.76. The molecule has 0 unspecified atom stereocenters. The van der Waals surface area contributed by atoms with Crippen molar-refractivity contribution < 1.29 is 13.7 Å². The van der Waals surface area contributed by atoms with Crippen molar-refractivity contribution in [3.05, 3.63) is 40.6 Å². The van der Waals surface area contributed by atoms with Gasteiger partial charge in [-0.1, -0.05) is 37.5 Å². The summed E-state index contributed by atoms with van der Waals surface area (Å²) in [6, 6.07) is 2.63. The lowest BCUT2D eigenvalue weighted by atomic mass is 9.92. The molecule has 0 saturated carbocycles. The van der Waals surface area contributed by atoms with Crippen molar-refractivity contribution in [3.63, 3.8) is 0 Å². The zero-order valence-electron chi connectivity index (χ0n) is 14.6. The fourth-order valence-electron chi connectivity index (χ4n) is 3.01. The molecule has 5 nitrogen and oxygen atoms in total. The molecule has 0 spiro atoms. The summed E-state index contributed by atoms with van der Waals surface area (Å²) in [5.41, 5.74) is 0.671. The van der Waals surface area contributed by atoms with Crippen molar-refractivity contribution in [2.45, 2.75) is 51.5 Å². The third-order valence-corrected chi connectivity index (χ3v) is 4.57. The molecule has 2 aromatic heterocycles. The van der Waals surface area contributed by atoms with Crippen LogP contribution < -0.4 is 4.90 Å². The highest BCUT2D eigenvalue weighted by Crippen LogP contribution is 2.29. The first-order chi connectivity index (χ1) is 11.8. The molecule has 2 aromatic rings. The topological polar surface area (TPSA) is 59.2 Å². The number of aromatic nitrogens is 2. The number of ketones is 1. The Morgan fingerprint density at radius 2 is 2.20 bits per heavy atom. The number of anilines is 1. The van der Waals surface area contributed by atoms with Crippen LogP contribution in [-0.2, 0) is 16.6 Å². The summed E-state index contributed by atoms with van der Waals surface area (Å²) < 4.78 is 19.5. The first kappa shape index (κ1) is 17.9. The molecule has 0 aliphatic carbocycles. The van der Waals surface area contributed by atoms with Crippen LogP contribution in [-0.4, -0.2) is 28.5 Å². The average molecular weight is 366 g/mol. The lowest BCUT2D eigenvalue weighted by Crippen LogP contribution is -2.38. The number of carbonyl (C=O) groups excluding carboxylic acids is 1. The van der Waals surface area contributed by atoms with Crippen LogP contribution in [0, 0.1) is 5.82 Å². The highest BCUT2D eigenvalue weighted by atomic mass is 35.5. The zero-order chi connectivity index (χ0) is 18.2. The highest BCUT2D eigenvalue weighted by Gasteiger charge is 2.33. The predicted octanol–water partition coefficient (Wildman–Crippen LogP) is 3.94. The van der Waals surface area contributed by atoms with Crippen molar-refractivity contribution in [1.82, 2.24) is 10.1 Å². The van der Waals surface area contributed by atoms with E-state index in [1.54, 1.807) is 4.90 Å². The molecule has 0 aromatic carbocycles. The van der Waals surface area contributed by atoms with Gasteiger partial charge in [-0.2, -0.15) is 0 Å². The van der Waals surface area contributed by atoms with Gasteiger partial charge in [0.1, 0.15) is 5.76 Å². The van der Waals surface area contributed by atoms with Gasteiger partial charge < -0.3 is 9.42 Å². The summed E-state index contributed by atoms with van der Waals surface area (Å²) in [6.45, 7) is 6.68. The van der Waals surface area contributed by atoms with E-state index in [4.69, 9.17) is 16.1 Å². The van der Waals surface area contributed by atoms with Crippen molar-refractivity contribution in [3.8, 4) is 0 Å². The van der Waals surface area contributed by atoms with E-state index in [1.807, 2.05) is 26.8 Å². The summed E-state index contributed by atoms with van der Waals surface area (Å²) in [5.74, 6) is 0.173. The molecular weight excluding hydrogens is 345 g/mol. The molecule has 0 N–H and O–H groups in total.